The second-order valence-corrected chi connectivity index (χ2v) is 4.14. The number of rotatable bonds is 2. The lowest BCUT2D eigenvalue weighted by atomic mass is 10.2. The Balaban J connectivity index is 2.89. The van der Waals surface area contributed by atoms with Crippen molar-refractivity contribution in [2.75, 3.05) is 7.05 Å². The van der Waals surface area contributed by atoms with E-state index in [-0.39, 0.29) is 10.9 Å². The maximum atomic E-state index is 9.49. The third-order valence-corrected chi connectivity index (χ3v) is 2.44. The highest BCUT2D eigenvalue weighted by Gasteiger charge is 2.00. The van der Waals surface area contributed by atoms with Gasteiger partial charge in [0.25, 0.3) is 0 Å². The first-order valence-corrected chi connectivity index (χ1v) is 5.26. The van der Waals surface area contributed by atoms with Crippen LogP contribution in [0, 0.1) is 0 Å². The van der Waals surface area contributed by atoms with Crippen molar-refractivity contribution in [3.8, 4) is 5.75 Å². The number of phenolic OH excluding ortho intramolecular Hbond substituents is 1. The number of hydrogen-bond donors (Lipinski definition) is 2. The predicted octanol–water partition coefficient (Wildman–Crippen LogP) is 1.66. The van der Waals surface area contributed by atoms with Crippen molar-refractivity contribution in [1.29, 1.82) is 0 Å². The molecule has 0 aromatic heterocycles. The van der Waals surface area contributed by atoms with Crippen LogP contribution in [0.3, 0.4) is 0 Å². The van der Waals surface area contributed by atoms with Crippen molar-refractivity contribution >= 4 is 39.5 Å². The number of halogens is 1. The van der Waals surface area contributed by atoms with Crippen LogP contribution < -0.4 is 5.73 Å². The van der Waals surface area contributed by atoms with Crippen molar-refractivity contribution < 1.29 is 5.11 Å². The van der Waals surface area contributed by atoms with Crippen molar-refractivity contribution in [2.45, 2.75) is 0 Å². The molecule has 0 bridgehead atoms. The van der Waals surface area contributed by atoms with E-state index in [1.165, 1.54) is 11.2 Å². The number of benzene rings is 1. The van der Waals surface area contributed by atoms with Gasteiger partial charge in [0.15, 0.2) is 5.11 Å². The second kappa shape index (κ2) is 5.09. The molecule has 1 aromatic carbocycles. The quantitative estimate of drug-likeness (QED) is 0.493. The summed E-state index contributed by atoms with van der Waals surface area (Å²) in [4.78, 5) is 0. The van der Waals surface area contributed by atoms with Crippen molar-refractivity contribution in [3.63, 3.8) is 0 Å². The Labute approximate surface area is 102 Å². The van der Waals surface area contributed by atoms with Crippen LogP contribution in [0.25, 0.3) is 0 Å². The van der Waals surface area contributed by atoms with E-state index in [9.17, 15) is 5.11 Å². The summed E-state index contributed by atoms with van der Waals surface area (Å²) >= 11 is 8.01. The van der Waals surface area contributed by atoms with Crippen LogP contribution in [0.4, 0.5) is 0 Å². The van der Waals surface area contributed by atoms with Gasteiger partial charge >= 0.3 is 0 Å². The summed E-state index contributed by atoms with van der Waals surface area (Å²) in [6, 6.07) is 5.06. The van der Waals surface area contributed by atoms with E-state index in [1.54, 1.807) is 25.2 Å². The standard InChI is InChI=1S/C9H10BrN3OS/c1-13(9(11)15)12-5-6-4-7(10)2-3-8(6)14/h2-5,14H,1H3,(H2,11,15). The van der Waals surface area contributed by atoms with E-state index in [0.29, 0.717) is 5.56 Å². The Hall–Kier alpha value is -1.14. The molecule has 0 saturated carbocycles. The average molecular weight is 288 g/mol. The minimum atomic E-state index is 0.151. The first-order valence-electron chi connectivity index (χ1n) is 4.06. The molecule has 0 spiro atoms. The molecular formula is C9H10BrN3OS. The number of thiocarbonyl (C=S) groups is 1. The van der Waals surface area contributed by atoms with Crippen molar-refractivity contribution in [1.82, 2.24) is 5.01 Å². The molecule has 3 N–H and O–H groups in total. The zero-order valence-corrected chi connectivity index (χ0v) is 10.4. The number of nitrogens with two attached hydrogens (primary N) is 1. The largest absolute Gasteiger partial charge is 0.507 e. The van der Waals surface area contributed by atoms with Crippen LogP contribution >= 0.6 is 28.1 Å². The Kier molecular flexibility index (Phi) is 4.05. The summed E-state index contributed by atoms with van der Waals surface area (Å²) in [6.07, 6.45) is 1.49. The molecule has 0 amide bonds. The van der Waals surface area contributed by atoms with Gasteiger partial charge in [-0.25, -0.2) is 5.01 Å². The zero-order valence-electron chi connectivity index (χ0n) is 8.01. The molecule has 0 aliphatic heterocycles. The molecule has 80 valence electrons. The Morgan fingerprint density at radius 2 is 2.33 bits per heavy atom. The molecule has 0 fully saturated rings. The monoisotopic (exact) mass is 287 g/mol. The first kappa shape index (κ1) is 11.9. The van der Waals surface area contributed by atoms with Gasteiger partial charge in [-0.05, 0) is 30.4 Å². The number of hydrogen-bond acceptors (Lipinski definition) is 3. The molecule has 1 rings (SSSR count). The lowest BCUT2D eigenvalue weighted by molar-refractivity contribution is 0.474. The zero-order chi connectivity index (χ0) is 11.4. The summed E-state index contributed by atoms with van der Waals surface area (Å²) in [5, 5.41) is 15.0. The van der Waals surface area contributed by atoms with Gasteiger partial charge in [-0.15, -0.1) is 0 Å². The van der Waals surface area contributed by atoms with E-state index >= 15 is 0 Å². The SMILES string of the molecule is CN(N=Cc1cc(Br)ccc1O)C(N)=S. The molecular weight excluding hydrogens is 278 g/mol. The lowest BCUT2D eigenvalue weighted by Gasteiger charge is -2.08. The third-order valence-electron chi connectivity index (χ3n) is 1.68. The fourth-order valence-electron chi connectivity index (χ4n) is 0.834. The van der Waals surface area contributed by atoms with Gasteiger partial charge < -0.3 is 10.8 Å². The summed E-state index contributed by atoms with van der Waals surface area (Å²) in [7, 11) is 1.63. The predicted molar refractivity (Wildman–Crippen MR) is 67.9 cm³/mol. The van der Waals surface area contributed by atoms with Gasteiger partial charge in [0, 0.05) is 17.1 Å². The average Bonchev–Trinajstić information content (AvgIpc) is 2.18. The van der Waals surface area contributed by atoms with Crippen LogP contribution in [0.15, 0.2) is 27.8 Å². The Bertz CT molecular complexity index is 408. The molecule has 15 heavy (non-hydrogen) atoms. The molecule has 1 aromatic rings. The van der Waals surface area contributed by atoms with Crippen LogP contribution in [0.2, 0.25) is 0 Å². The van der Waals surface area contributed by atoms with Crippen molar-refractivity contribution in [2.24, 2.45) is 10.8 Å². The van der Waals surface area contributed by atoms with E-state index in [4.69, 9.17) is 18.0 Å². The number of hydrazone groups is 1. The molecule has 0 saturated heterocycles. The van der Waals surface area contributed by atoms with Crippen molar-refractivity contribution in [3.05, 3.63) is 28.2 Å². The van der Waals surface area contributed by atoms with Gasteiger partial charge in [-0.1, -0.05) is 15.9 Å². The lowest BCUT2D eigenvalue weighted by Crippen LogP contribution is -2.27. The molecule has 0 atom stereocenters. The Morgan fingerprint density at radius 3 is 2.93 bits per heavy atom. The number of nitrogens with zero attached hydrogens (tertiary/aromatic N) is 2. The minimum Gasteiger partial charge on any atom is -0.507 e. The maximum absolute atomic E-state index is 9.49. The summed E-state index contributed by atoms with van der Waals surface area (Å²) in [5.74, 6) is 0.151. The molecule has 4 nitrogen and oxygen atoms in total. The normalized spacial score (nSPS) is 10.5. The topological polar surface area (TPSA) is 61.8 Å². The Morgan fingerprint density at radius 1 is 1.67 bits per heavy atom. The fourth-order valence-corrected chi connectivity index (χ4v) is 1.26. The van der Waals surface area contributed by atoms with Crippen LogP contribution in [0.1, 0.15) is 5.56 Å². The molecule has 0 unspecified atom stereocenters. The molecule has 0 heterocycles. The number of aromatic hydroxyl groups is 1. The third kappa shape index (κ3) is 3.49. The van der Waals surface area contributed by atoms with Gasteiger partial charge in [0.1, 0.15) is 5.75 Å². The first-order chi connectivity index (χ1) is 7.00. The van der Waals surface area contributed by atoms with Crippen LogP contribution in [-0.4, -0.2) is 28.5 Å². The highest BCUT2D eigenvalue weighted by Crippen LogP contribution is 2.20. The summed E-state index contributed by atoms with van der Waals surface area (Å²) in [5.41, 5.74) is 5.93. The van der Waals surface area contributed by atoms with Gasteiger partial charge in [-0.3, -0.25) is 0 Å². The molecule has 6 heteroatoms. The summed E-state index contributed by atoms with van der Waals surface area (Å²) < 4.78 is 0.861. The second-order valence-electron chi connectivity index (χ2n) is 2.81. The molecule has 0 aliphatic carbocycles. The van der Waals surface area contributed by atoms with Gasteiger partial charge in [0.2, 0.25) is 0 Å². The van der Waals surface area contributed by atoms with E-state index in [0.717, 1.165) is 4.47 Å². The van der Waals surface area contributed by atoms with E-state index in [1.807, 2.05) is 0 Å². The minimum absolute atomic E-state index is 0.151. The van der Waals surface area contributed by atoms with Gasteiger partial charge in [0.05, 0.1) is 6.21 Å². The van der Waals surface area contributed by atoms with Crippen LogP contribution in [-0.2, 0) is 0 Å². The smallest absolute Gasteiger partial charge is 0.186 e. The number of phenols is 1. The van der Waals surface area contributed by atoms with E-state index in [2.05, 4.69) is 21.0 Å². The van der Waals surface area contributed by atoms with Gasteiger partial charge in [-0.2, -0.15) is 5.10 Å². The highest BCUT2D eigenvalue weighted by molar-refractivity contribution is 9.10. The fraction of sp³-hybridized carbons (Fsp3) is 0.111. The molecule has 0 radical (unpaired) electrons. The molecule has 0 aliphatic rings. The van der Waals surface area contributed by atoms with E-state index < -0.39 is 0 Å². The van der Waals surface area contributed by atoms with Crippen LogP contribution in [0.5, 0.6) is 5.75 Å². The maximum Gasteiger partial charge on any atom is 0.186 e. The highest BCUT2D eigenvalue weighted by atomic mass is 79.9. The summed E-state index contributed by atoms with van der Waals surface area (Å²) in [6.45, 7) is 0.